The maximum absolute atomic E-state index is 13.0. The van der Waals surface area contributed by atoms with Crippen molar-refractivity contribution in [3.05, 3.63) is 66.4 Å². The molecule has 1 heterocycles. The second-order valence-corrected chi connectivity index (χ2v) is 6.43. The van der Waals surface area contributed by atoms with Crippen LogP contribution >= 0.6 is 0 Å². The molecule has 0 unspecified atom stereocenters. The van der Waals surface area contributed by atoms with Gasteiger partial charge in [0, 0.05) is 5.56 Å². The lowest BCUT2D eigenvalue weighted by Crippen LogP contribution is -2.45. The van der Waals surface area contributed by atoms with Crippen LogP contribution in [0.3, 0.4) is 0 Å². The third-order valence-electron chi connectivity index (χ3n) is 4.28. The molecule has 0 aliphatic carbocycles. The van der Waals surface area contributed by atoms with Crippen LogP contribution in [-0.2, 0) is 4.79 Å². The minimum atomic E-state index is -5.80. The minimum absolute atomic E-state index is 0.218. The maximum atomic E-state index is 13.0. The molecule has 1 N–H and O–H groups in total. The second-order valence-electron chi connectivity index (χ2n) is 6.43. The summed E-state index contributed by atoms with van der Waals surface area (Å²) in [5, 5.41) is 6.07. The number of nitrogens with one attached hydrogen (secondary N) is 1. The number of carbonyl (C=O) groups is 1. The van der Waals surface area contributed by atoms with Crippen molar-refractivity contribution in [2.45, 2.75) is 19.3 Å². The third-order valence-corrected chi connectivity index (χ3v) is 4.28. The van der Waals surface area contributed by atoms with Crippen LogP contribution in [0.2, 0.25) is 0 Å². The van der Waals surface area contributed by atoms with Gasteiger partial charge >= 0.3 is 12.4 Å². The number of para-hydroxylation sites is 1. The number of nitrogens with zero attached hydrogens (tertiary/aromatic N) is 2. The fraction of sp³-hybridized carbons (Fsp3) is 0.200. The topological polar surface area (TPSA) is 46.9 Å². The average Bonchev–Trinajstić information content (AvgIpc) is 2.96. The minimum Gasteiger partial charge on any atom is -0.309 e. The van der Waals surface area contributed by atoms with E-state index in [0.717, 1.165) is 4.68 Å². The highest BCUT2D eigenvalue weighted by atomic mass is 19.4. The number of rotatable bonds is 4. The van der Waals surface area contributed by atoms with Crippen molar-refractivity contribution >= 4 is 11.7 Å². The van der Waals surface area contributed by atoms with E-state index in [4.69, 9.17) is 0 Å². The van der Waals surface area contributed by atoms with E-state index < -0.39 is 24.2 Å². The number of amides is 1. The summed E-state index contributed by atoms with van der Waals surface area (Å²) in [6, 6.07) is 16.2. The summed E-state index contributed by atoms with van der Waals surface area (Å²) >= 11 is 0. The summed E-state index contributed by atoms with van der Waals surface area (Å²) in [7, 11) is 0. The van der Waals surface area contributed by atoms with Gasteiger partial charge in [-0.25, -0.2) is 4.68 Å². The van der Waals surface area contributed by atoms with E-state index in [9.17, 15) is 31.1 Å². The molecule has 0 spiro atoms. The summed E-state index contributed by atoms with van der Waals surface area (Å²) in [4.78, 5) is 12.2. The first-order valence-corrected chi connectivity index (χ1v) is 8.65. The van der Waals surface area contributed by atoms with Gasteiger partial charge in [-0.2, -0.15) is 31.4 Å². The molecular weight excluding hydrogens is 412 g/mol. The molecule has 10 heteroatoms. The lowest BCUT2D eigenvalue weighted by molar-refractivity contribution is -0.272. The lowest BCUT2D eigenvalue weighted by atomic mass is 10.0. The van der Waals surface area contributed by atoms with Crippen LogP contribution in [0.1, 0.15) is 5.69 Å². The molecule has 0 bridgehead atoms. The average molecular weight is 427 g/mol. The summed E-state index contributed by atoms with van der Waals surface area (Å²) in [5.74, 6) is -6.69. The van der Waals surface area contributed by atoms with Crippen LogP contribution in [0, 0.1) is 12.8 Å². The molecule has 2 aromatic carbocycles. The molecule has 0 fully saturated rings. The zero-order chi connectivity index (χ0) is 22.1. The smallest absolute Gasteiger partial charge is 0.309 e. The Labute approximate surface area is 167 Å². The van der Waals surface area contributed by atoms with Crippen LogP contribution in [0.4, 0.5) is 32.2 Å². The first kappa shape index (κ1) is 21.4. The highest BCUT2D eigenvalue weighted by molar-refractivity contribution is 5.97. The van der Waals surface area contributed by atoms with Crippen molar-refractivity contribution in [1.82, 2.24) is 9.78 Å². The summed E-state index contributed by atoms with van der Waals surface area (Å²) in [6.45, 7) is 1.54. The van der Waals surface area contributed by atoms with Gasteiger partial charge in [-0.3, -0.25) is 4.79 Å². The molecule has 0 aliphatic rings. The SMILES string of the molecule is Cc1nn(-c2ccccc2)c(NC(=O)C(C(F)(F)F)C(F)(F)F)c1-c1ccccc1. The molecule has 3 aromatic rings. The molecule has 0 atom stereocenters. The van der Waals surface area contributed by atoms with E-state index in [2.05, 4.69) is 5.10 Å². The quantitative estimate of drug-likeness (QED) is 0.557. The van der Waals surface area contributed by atoms with Gasteiger partial charge in [0.15, 0.2) is 0 Å². The van der Waals surface area contributed by atoms with Crippen molar-refractivity contribution in [2.24, 2.45) is 5.92 Å². The Morgan fingerprint density at radius 1 is 0.900 bits per heavy atom. The van der Waals surface area contributed by atoms with Gasteiger partial charge < -0.3 is 5.32 Å². The van der Waals surface area contributed by atoms with Crippen molar-refractivity contribution in [3.8, 4) is 16.8 Å². The number of anilines is 1. The van der Waals surface area contributed by atoms with Crippen molar-refractivity contribution in [3.63, 3.8) is 0 Å². The van der Waals surface area contributed by atoms with E-state index in [0.29, 0.717) is 16.9 Å². The normalized spacial score (nSPS) is 12.3. The van der Waals surface area contributed by atoms with Crippen LogP contribution in [-0.4, -0.2) is 28.0 Å². The number of aryl methyl sites for hydroxylation is 1. The van der Waals surface area contributed by atoms with E-state index >= 15 is 0 Å². The van der Waals surface area contributed by atoms with Crippen LogP contribution < -0.4 is 5.32 Å². The Morgan fingerprint density at radius 2 is 1.40 bits per heavy atom. The highest BCUT2D eigenvalue weighted by Crippen LogP contribution is 2.41. The Hall–Kier alpha value is -3.30. The second kappa shape index (κ2) is 7.85. The van der Waals surface area contributed by atoms with E-state index in [-0.39, 0.29) is 11.4 Å². The van der Waals surface area contributed by atoms with Gasteiger partial charge in [0.1, 0.15) is 5.82 Å². The number of hydrogen-bond acceptors (Lipinski definition) is 2. The Kier molecular flexibility index (Phi) is 5.60. The van der Waals surface area contributed by atoms with Crippen molar-refractivity contribution in [1.29, 1.82) is 0 Å². The monoisotopic (exact) mass is 427 g/mol. The molecule has 0 radical (unpaired) electrons. The molecule has 0 aliphatic heterocycles. The highest BCUT2D eigenvalue weighted by Gasteiger charge is 2.61. The molecule has 30 heavy (non-hydrogen) atoms. The molecule has 0 saturated carbocycles. The number of alkyl halides is 6. The fourth-order valence-corrected chi connectivity index (χ4v) is 3.02. The third kappa shape index (κ3) is 4.32. The van der Waals surface area contributed by atoms with Gasteiger partial charge in [0.25, 0.3) is 0 Å². The van der Waals surface area contributed by atoms with Crippen LogP contribution in [0.15, 0.2) is 60.7 Å². The van der Waals surface area contributed by atoms with Crippen molar-refractivity contribution < 1.29 is 31.1 Å². The summed E-state index contributed by atoms with van der Waals surface area (Å²) in [5.41, 5.74) is 1.36. The fourth-order valence-electron chi connectivity index (χ4n) is 3.02. The first-order valence-electron chi connectivity index (χ1n) is 8.65. The largest absolute Gasteiger partial charge is 0.409 e. The molecule has 1 amide bonds. The molecule has 158 valence electrons. The Balaban J connectivity index is 2.16. The van der Waals surface area contributed by atoms with Crippen LogP contribution in [0.25, 0.3) is 16.8 Å². The zero-order valence-electron chi connectivity index (χ0n) is 15.4. The number of halogens is 6. The van der Waals surface area contributed by atoms with Gasteiger partial charge in [0.05, 0.1) is 11.4 Å². The summed E-state index contributed by atoms with van der Waals surface area (Å²) < 4.78 is 79.2. The van der Waals surface area contributed by atoms with Gasteiger partial charge in [-0.1, -0.05) is 48.5 Å². The van der Waals surface area contributed by atoms with Crippen molar-refractivity contribution in [2.75, 3.05) is 5.32 Å². The predicted molar refractivity (Wildman–Crippen MR) is 98.0 cm³/mol. The molecule has 1 aromatic heterocycles. The molecule has 4 nitrogen and oxygen atoms in total. The van der Waals surface area contributed by atoms with Gasteiger partial charge in [-0.05, 0) is 24.6 Å². The zero-order valence-corrected chi connectivity index (χ0v) is 15.4. The lowest BCUT2D eigenvalue weighted by Gasteiger charge is -2.22. The standard InChI is InChI=1S/C20H15F6N3O/c1-12-15(13-8-4-2-5-9-13)17(29(28-12)14-10-6-3-7-11-14)27-18(30)16(19(21,22)23)20(24,25)26/h2-11,16H,1H3,(H,27,30). The molecule has 0 saturated heterocycles. The Morgan fingerprint density at radius 3 is 1.90 bits per heavy atom. The van der Waals surface area contributed by atoms with Crippen LogP contribution in [0.5, 0.6) is 0 Å². The van der Waals surface area contributed by atoms with E-state index in [1.54, 1.807) is 67.6 Å². The first-order chi connectivity index (χ1) is 14.0. The maximum Gasteiger partial charge on any atom is 0.409 e. The predicted octanol–water partition coefficient (Wildman–Crippen LogP) is 5.53. The molecule has 3 rings (SSSR count). The number of benzene rings is 2. The number of aromatic nitrogens is 2. The number of carbonyl (C=O) groups excluding carboxylic acids is 1. The van der Waals surface area contributed by atoms with Gasteiger partial charge in [-0.15, -0.1) is 0 Å². The van der Waals surface area contributed by atoms with E-state index in [1.807, 2.05) is 5.32 Å². The molecular formula is C20H15F6N3O. The summed E-state index contributed by atoms with van der Waals surface area (Å²) in [6.07, 6.45) is -11.6. The number of hydrogen-bond donors (Lipinski definition) is 1. The van der Waals surface area contributed by atoms with Gasteiger partial charge in [0.2, 0.25) is 11.8 Å². The van der Waals surface area contributed by atoms with E-state index in [1.165, 1.54) is 0 Å². The Bertz CT molecular complexity index is 1010.